The molecule has 0 bridgehead atoms. The number of aryl methyl sites for hydroxylation is 1. The lowest BCUT2D eigenvalue weighted by atomic mass is 9.96. The zero-order valence-corrected chi connectivity index (χ0v) is 11.9. The molecule has 2 aliphatic heterocycles. The Kier molecular flexibility index (Phi) is 3.48. The summed E-state index contributed by atoms with van der Waals surface area (Å²) in [5.74, 6) is -0.0730. The molecule has 2 fully saturated rings. The van der Waals surface area contributed by atoms with Gasteiger partial charge in [-0.05, 0) is 50.9 Å². The van der Waals surface area contributed by atoms with Crippen LogP contribution in [0.1, 0.15) is 31.7 Å². The quantitative estimate of drug-likeness (QED) is 0.767. The molecule has 1 aromatic rings. The normalized spacial score (nSPS) is 28.3. The molecule has 0 saturated carbocycles. The number of anilines is 1. The SMILES string of the molecule is Cc1ccc(N2CC3CCCCN3CC2C)c(F)c1. The first-order valence-corrected chi connectivity index (χ1v) is 7.42. The van der Waals surface area contributed by atoms with Gasteiger partial charge in [-0.3, -0.25) is 4.90 Å². The first-order chi connectivity index (χ1) is 9.15. The topological polar surface area (TPSA) is 6.48 Å². The molecule has 0 spiro atoms. The molecular weight excluding hydrogens is 239 g/mol. The van der Waals surface area contributed by atoms with Crippen molar-refractivity contribution in [3.8, 4) is 0 Å². The molecule has 3 heteroatoms. The van der Waals surface area contributed by atoms with E-state index in [-0.39, 0.29) is 5.82 Å². The van der Waals surface area contributed by atoms with Crippen LogP contribution in [-0.4, -0.2) is 36.6 Å². The van der Waals surface area contributed by atoms with Crippen molar-refractivity contribution in [1.29, 1.82) is 0 Å². The molecule has 2 atom stereocenters. The molecule has 1 aromatic carbocycles. The summed E-state index contributed by atoms with van der Waals surface area (Å²) in [6.45, 7) is 7.41. The van der Waals surface area contributed by atoms with Crippen LogP contribution in [0.3, 0.4) is 0 Å². The van der Waals surface area contributed by atoms with E-state index in [1.165, 1.54) is 25.8 Å². The van der Waals surface area contributed by atoms with Gasteiger partial charge in [0.05, 0.1) is 5.69 Å². The second-order valence-corrected chi connectivity index (χ2v) is 6.10. The lowest BCUT2D eigenvalue weighted by molar-refractivity contribution is 0.115. The number of piperazine rings is 1. The Morgan fingerprint density at radius 3 is 2.84 bits per heavy atom. The zero-order valence-electron chi connectivity index (χ0n) is 11.9. The maximum absolute atomic E-state index is 14.2. The number of fused-ring (bicyclic) bond motifs is 1. The molecule has 2 nitrogen and oxygen atoms in total. The van der Waals surface area contributed by atoms with Crippen LogP contribution in [0.4, 0.5) is 10.1 Å². The van der Waals surface area contributed by atoms with Gasteiger partial charge in [0.1, 0.15) is 5.82 Å². The number of hydrogen-bond donors (Lipinski definition) is 0. The van der Waals surface area contributed by atoms with E-state index in [2.05, 4.69) is 16.7 Å². The summed E-state index contributed by atoms with van der Waals surface area (Å²) in [5.41, 5.74) is 1.77. The molecule has 2 aliphatic rings. The predicted octanol–water partition coefficient (Wildman–Crippen LogP) is 3.20. The molecule has 0 amide bonds. The fraction of sp³-hybridized carbons (Fsp3) is 0.625. The van der Waals surface area contributed by atoms with E-state index >= 15 is 0 Å². The van der Waals surface area contributed by atoms with Gasteiger partial charge < -0.3 is 4.90 Å². The summed E-state index contributed by atoms with van der Waals surface area (Å²) in [5, 5.41) is 0. The van der Waals surface area contributed by atoms with Crippen molar-refractivity contribution in [1.82, 2.24) is 4.90 Å². The third kappa shape index (κ3) is 2.48. The molecule has 2 saturated heterocycles. The van der Waals surface area contributed by atoms with Crippen molar-refractivity contribution >= 4 is 5.69 Å². The summed E-state index contributed by atoms with van der Waals surface area (Å²) in [6.07, 6.45) is 3.90. The minimum absolute atomic E-state index is 0.0730. The molecule has 104 valence electrons. The van der Waals surface area contributed by atoms with Crippen molar-refractivity contribution in [3.05, 3.63) is 29.6 Å². The number of nitrogens with zero attached hydrogens (tertiary/aromatic N) is 2. The summed E-state index contributed by atoms with van der Waals surface area (Å²) in [4.78, 5) is 4.86. The first-order valence-electron chi connectivity index (χ1n) is 7.42. The Bertz CT molecular complexity index is 460. The Labute approximate surface area is 115 Å². The fourth-order valence-corrected chi connectivity index (χ4v) is 3.53. The number of hydrogen-bond acceptors (Lipinski definition) is 2. The van der Waals surface area contributed by atoms with Gasteiger partial charge in [0.2, 0.25) is 0 Å². The molecule has 0 aromatic heterocycles. The lowest BCUT2D eigenvalue weighted by Crippen LogP contribution is -2.59. The molecule has 0 N–H and O–H groups in total. The number of halogens is 1. The highest BCUT2D eigenvalue weighted by Gasteiger charge is 2.33. The monoisotopic (exact) mass is 262 g/mol. The second-order valence-electron chi connectivity index (χ2n) is 6.10. The summed E-state index contributed by atoms with van der Waals surface area (Å²) >= 11 is 0. The van der Waals surface area contributed by atoms with Crippen LogP contribution in [0.25, 0.3) is 0 Å². The third-order valence-corrected chi connectivity index (χ3v) is 4.60. The maximum Gasteiger partial charge on any atom is 0.146 e. The largest absolute Gasteiger partial charge is 0.364 e. The highest BCUT2D eigenvalue weighted by molar-refractivity contribution is 5.50. The summed E-state index contributed by atoms with van der Waals surface area (Å²) in [7, 11) is 0. The number of rotatable bonds is 1. The molecular formula is C16H23FN2. The van der Waals surface area contributed by atoms with E-state index in [0.29, 0.717) is 12.1 Å². The number of piperidine rings is 1. The van der Waals surface area contributed by atoms with Crippen LogP contribution in [0.2, 0.25) is 0 Å². The van der Waals surface area contributed by atoms with Gasteiger partial charge in [0, 0.05) is 25.2 Å². The molecule has 2 heterocycles. The van der Waals surface area contributed by atoms with Crippen LogP contribution in [-0.2, 0) is 0 Å². The van der Waals surface area contributed by atoms with E-state index in [1.54, 1.807) is 6.07 Å². The fourth-order valence-electron chi connectivity index (χ4n) is 3.53. The number of benzene rings is 1. The van der Waals surface area contributed by atoms with Gasteiger partial charge in [-0.15, -0.1) is 0 Å². The molecule has 0 radical (unpaired) electrons. The van der Waals surface area contributed by atoms with Crippen LogP contribution >= 0.6 is 0 Å². The lowest BCUT2D eigenvalue weighted by Gasteiger charge is -2.48. The maximum atomic E-state index is 14.2. The van der Waals surface area contributed by atoms with Gasteiger partial charge in [0.25, 0.3) is 0 Å². The van der Waals surface area contributed by atoms with Gasteiger partial charge in [-0.1, -0.05) is 12.5 Å². The van der Waals surface area contributed by atoms with Gasteiger partial charge >= 0.3 is 0 Å². The van der Waals surface area contributed by atoms with E-state index in [0.717, 1.165) is 24.3 Å². The third-order valence-electron chi connectivity index (χ3n) is 4.60. The average Bonchev–Trinajstić information content (AvgIpc) is 2.38. The van der Waals surface area contributed by atoms with Crippen molar-refractivity contribution in [3.63, 3.8) is 0 Å². The molecule has 2 unspecified atom stereocenters. The van der Waals surface area contributed by atoms with Crippen molar-refractivity contribution in [2.75, 3.05) is 24.5 Å². The highest BCUT2D eigenvalue weighted by atomic mass is 19.1. The standard InChI is InChI=1S/C16H23FN2/c1-12-6-7-16(15(17)9-12)19-11-14-5-3-4-8-18(14)10-13(19)2/h6-7,9,13-14H,3-5,8,10-11H2,1-2H3. The highest BCUT2D eigenvalue weighted by Crippen LogP contribution is 2.29. The summed E-state index contributed by atoms with van der Waals surface area (Å²) < 4.78 is 14.2. The summed E-state index contributed by atoms with van der Waals surface area (Å²) in [6, 6.07) is 6.62. The van der Waals surface area contributed by atoms with Gasteiger partial charge in [-0.2, -0.15) is 0 Å². The Morgan fingerprint density at radius 1 is 1.21 bits per heavy atom. The van der Waals surface area contributed by atoms with Gasteiger partial charge in [0.15, 0.2) is 0 Å². The molecule has 0 aliphatic carbocycles. The first kappa shape index (κ1) is 12.9. The van der Waals surface area contributed by atoms with Crippen LogP contribution < -0.4 is 4.90 Å². The van der Waals surface area contributed by atoms with Crippen molar-refractivity contribution in [2.45, 2.75) is 45.2 Å². The van der Waals surface area contributed by atoms with Crippen LogP contribution in [0.15, 0.2) is 18.2 Å². The Balaban J connectivity index is 1.83. The average molecular weight is 262 g/mol. The van der Waals surface area contributed by atoms with E-state index in [1.807, 2.05) is 19.1 Å². The predicted molar refractivity (Wildman–Crippen MR) is 77.2 cm³/mol. The van der Waals surface area contributed by atoms with E-state index in [9.17, 15) is 4.39 Å². The van der Waals surface area contributed by atoms with Gasteiger partial charge in [-0.25, -0.2) is 4.39 Å². The Morgan fingerprint density at radius 2 is 2.05 bits per heavy atom. The van der Waals surface area contributed by atoms with Crippen molar-refractivity contribution < 1.29 is 4.39 Å². The smallest absolute Gasteiger partial charge is 0.146 e. The second kappa shape index (κ2) is 5.12. The molecule has 19 heavy (non-hydrogen) atoms. The minimum Gasteiger partial charge on any atom is -0.364 e. The Hall–Kier alpha value is -1.09. The van der Waals surface area contributed by atoms with E-state index in [4.69, 9.17) is 0 Å². The van der Waals surface area contributed by atoms with E-state index < -0.39 is 0 Å². The minimum atomic E-state index is -0.0730. The van der Waals surface area contributed by atoms with Crippen LogP contribution in [0, 0.1) is 12.7 Å². The molecule has 3 rings (SSSR count). The zero-order chi connectivity index (χ0) is 13.4. The van der Waals surface area contributed by atoms with Crippen molar-refractivity contribution in [2.24, 2.45) is 0 Å². The van der Waals surface area contributed by atoms with Crippen LogP contribution in [0.5, 0.6) is 0 Å².